The van der Waals surface area contributed by atoms with Crippen molar-refractivity contribution in [2.75, 3.05) is 11.4 Å². The van der Waals surface area contributed by atoms with Crippen molar-refractivity contribution in [1.29, 1.82) is 5.26 Å². The van der Waals surface area contributed by atoms with Gasteiger partial charge in [0.05, 0.1) is 0 Å². The quantitative estimate of drug-likeness (QED) is 0.899. The van der Waals surface area contributed by atoms with Crippen LogP contribution in [0.15, 0.2) is 42.6 Å². The highest BCUT2D eigenvalue weighted by molar-refractivity contribution is 5.57. The molecular formula is C16H16N4. The molecule has 4 heteroatoms. The van der Waals surface area contributed by atoms with Gasteiger partial charge < -0.3 is 10.6 Å². The van der Waals surface area contributed by atoms with E-state index in [1.54, 1.807) is 6.20 Å². The van der Waals surface area contributed by atoms with Crippen LogP contribution in [0.3, 0.4) is 0 Å². The molecule has 4 nitrogen and oxygen atoms in total. The zero-order chi connectivity index (χ0) is 13.9. The van der Waals surface area contributed by atoms with Crippen molar-refractivity contribution in [1.82, 2.24) is 4.98 Å². The Hall–Kier alpha value is -2.38. The van der Waals surface area contributed by atoms with E-state index in [-0.39, 0.29) is 6.04 Å². The Morgan fingerprint density at radius 1 is 1.30 bits per heavy atom. The first-order chi connectivity index (χ1) is 9.78. The number of hydrogen-bond acceptors (Lipinski definition) is 4. The average molecular weight is 264 g/mol. The molecule has 1 aromatic heterocycles. The number of benzene rings is 1. The molecule has 0 fully saturated rings. The second-order valence-electron chi connectivity index (χ2n) is 5.10. The van der Waals surface area contributed by atoms with Gasteiger partial charge in [0, 0.05) is 36.6 Å². The fourth-order valence-corrected chi connectivity index (χ4v) is 2.74. The predicted octanol–water partition coefficient (Wildman–Crippen LogP) is 1.84. The van der Waals surface area contributed by atoms with Crippen LogP contribution < -0.4 is 10.6 Å². The van der Waals surface area contributed by atoms with Crippen LogP contribution in [0.5, 0.6) is 0 Å². The number of hydrogen-bond donors (Lipinski definition) is 1. The molecule has 100 valence electrons. The first kappa shape index (κ1) is 12.6. The average Bonchev–Trinajstić information content (AvgIpc) is 2.47. The van der Waals surface area contributed by atoms with Crippen molar-refractivity contribution in [3.63, 3.8) is 0 Å². The van der Waals surface area contributed by atoms with Gasteiger partial charge in [0.1, 0.15) is 11.8 Å². The summed E-state index contributed by atoms with van der Waals surface area (Å²) in [5.41, 5.74) is 10.1. The Kier molecular flexibility index (Phi) is 3.36. The highest BCUT2D eigenvalue weighted by Crippen LogP contribution is 2.28. The largest absolute Gasteiger partial charge is 0.365 e. The lowest BCUT2D eigenvalue weighted by Gasteiger charge is -2.34. The summed E-state index contributed by atoms with van der Waals surface area (Å²) in [7, 11) is 0. The van der Waals surface area contributed by atoms with E-state index >= 15 is 0 Å². The monoisotopic (exact) mass is 264 g/mol. The van der Waals surface area contributed by atoms with Crippen LogP contribution in [0, 0.1) is 11.3 Å². The van der Waals surface area contributed by atoms with Gasteiger partial charge in [0.25, 0.3) is 0 Å². The van der Waals surface area contributed by atoms with Gasteiger partial charge in [0.15, 0.2) is 0 Å². The standard InChI is InChI=1S/C16H16N4/c17-9-15-13(5-3-7-19-15)10-20-11-14(18)8-12-4-1-2-6-16(12)20/h1-7,14H,8,10-11,18H2. The van der Waals surface area contributed by atoms with Gasteiger partial charge in [-0.3, -0.25) is 0 Å². The number of para-hydroxylation sites is 1. The first-order valence-corrected chi connectivity index (χ1v) is 6.70. The number of nitriles is 1. The highest BCUT2D eigenvalue weighted by Gasteiger charge is 2.22. The van der Waals surface area contributed by atoms with E-state index < -0.39 is 0 Å². The summed E-state index contributed by atoms with van der Waals surface area (Å²) >= 11 is 0. The molecule has 0 radical (unpaired) electrons. The number of aromatic nitrogens is 1. The molecule has 0 saturated heterocycles. The topological polar surface area (TPSA) is 65.9 Å². The van der Waals surface area contributed by atoms with Gasteiger partial charge in [-0.05, 0) is 24.1 Å². The molecule has 3 rings (SSSR count). The molecule has 1 aliphatic rings. The summed E-state index contributed by atoms with van der Waals surface area (Å²) in [6.07, 6.45) is 2.56. The molecule has 2 N–H and O–H groups in total. The molecule has 1 atom stereocenters. The summed E-state index contributed by atoms with van der Waals surface area (Å²) < 4.78 is 0. The van der Waals surface area contributed by atoms with Crippen molar-refractivity contribution in [2.45, 2.75) is 19.0 Å². The number of pyridine rings is 1. The van der Waals surface area contributed by atoms with Gasteiger partial charge in [-0.2, -0.15) is 5.26 Å². The van der Waals surface area contributed by atoms with Gasteiger partial charge in [-0.15, -0.1) is 0 Å². The lowest BCUT2D eigenvalue weighted by molar-refractivity contribution is 0.598. The maximum atomic E-state index is 9.14. The fourth-order valence-electron chi connectivity index (χ4n) is 2.74. The molecule has 1 aliphatic heterocycles. The van der Waals surface area contributed by atoms with Gasteiger partial charge in [0.2, 0.25) is 0 Å². The van der Waals surface area contributed by atoms with E-state index in [0.717, 1.165) is 18.5 Å². The lowest BCUT2D eigenvalue weighted by Crippen LogP contribution is -2.43. The molecule has 2 heterocycles. The highest BCUT2D eigenvalue weighted by atomic mass is 15.2. The van der Waals surface area contributed by atoms with Crippen molar-refractivity contribution < 1.29 is 0 Å². The van der Waals surface area contributed by atoms with Gasteiger partial charge >= 0.3 is 0 Å². The molecule has 1 unspecified atom stereocenters. The van der Waals surface area contributed by atoms with E-state index in [4.69, 9.17) is 11.0 Å². The van der Waals surface area contributed by atoms with Crippen LogP contribution in [0.2, 0.25) is 0 Å². The van der Waals surface area contributed by atoms with E-state index in [2.05, 4.69) is 28.1 Å². The minimum Gasteiger partial charge on any atom is -0.365 e. The minimum atomic E-state index is 0.132. The number of fused-ring (bicyclic) bond motifs is 1. The van der Waals surface area contributed by atoms with Crippen molar-refractivity contribution in [2.24, 2.45) is 5.73 Å². The Labute approximate surface area is 118 Å². The molecule has 0 amide bonds. The van der Waals surface area contributed by atoms with E-state index in [1.807, 2.05) is 24.3 Å². The molecule has 2 aromatic rings. The van der Waals surface area contributed by atoms with E-state index in [1.165, 1.54) is 11.3 Å². The molecular weight excluding hydrogens is 248 g/mol. The van der Waals surface area contributed by atoms with Crippen LogP contribution in [-0.2, 0) is 13.0 Å². The van der Waals surface area contributed by atoms with Crippen molar-refractivity contribution in [3.05, 3.63) is 59.4 Å². The normalized spacial score (nSPS) is 17.4. The number of nitrogens with zero attached hydrogens (tertiary/aromatic N) is 3. The predicted molar refractivity (Wildman–Crippen MR) is 78.1 cm³/mol. The van der Waals surface area contributed by atoms with Gasteiger partial charge in [-0.1, -0.05) is 24.3 Å². The SMILES string of the molecule is N#Cc1ncccc1CN1CC(N)Cc2ccccc21. The minimum absolute atomic E-state index is 0.132. The third-order valence-electron chi connectivity index (χ3n) is 3.63. The van der Waals surface area contributed by atoms with Crippen LogP contribution in [0.4, 0.5) is 5.69 Å². The summed E-state index contributed by atoms with van der Waals surface area (Å²) in [5, 5.41) is 9.14. The molecule has 0 spiro atoms. The summed E-state index contributed by atoms with van der Waals surface area (Å²) in [4.78, 5) is 6.36. The second-order valence-corrected chi connectivity index (χ2v) is 5.10. The van der Waals surface area contributed by atoms with Crippen LogP contribution in [-0.4, -0.2) is 17.6 Å². The first-order valence-electron chi connectivity index (χ1n) is 6.70. The van der Waals surface area contributed by atoms with Gasteiger partial charge in [-0.25, -0.2) is 4.98 Å². The Balaban J connectivity index is 1.93. The Bertz CT molecular complexity index is 660. The third kappa shape index (κ3) is 2.36. The zero-order valence-corrected chi connectivity index (χ0v) is 11.2. The van der Waals surface area contributed by atoms with Crippen LogP contribution >= 0.6 is 0 Å². The van der Waals surface area contributed by atoms with Crippen molar-refractivity contribution >= 4 is 5.69 Å². The maximum absolute atomic E-state index is 9.14. The molecule has 0 bridgehead atoms. The molecule has 0 saturated carbocycles. The summed E-state index contributed by atoms with van der Waals surface area (Å²) in [6.45, 7) is 1.47. The maximum Gasteiger partial charge on any atom is 0.145 e. The summed E-state index contributed by atoms with van der Waals surface area (Å²) in [5.74, 6) is 0. The molecule has 20 heavy (non-hydrogen) atoms. The van der Waals surface area contributed by atoms with E-state index in [9.17, 15) is 0 Å². The molecule has 1 aromatic carbocycles. The van der Waals surface area contributed by atoms with Crippen LogP contribution in [0.25, 0.3) is 0 Å². The second kappa shape index (κ2) is 5.32. The Morgan fingerprint density at radius 3 is 3.00 bits per heavy atom. The Morgan fingerprint density at radius 2 is 2.15 bits per heavy atom. The number of anilines is 1. The zero-order valence-electron chi connectivity index (χ0n) is 11.2. The van der Waals surface area contributed by atoms with E-state index in [0.29, 0.717) is 12.2 Å². The summed E-state index contributed by atoms with van der Waals surface area (Å²) in [6, 6.07) is 14.4. The smallest absolute Gasteiger partial charge is 0.145 e. The van der Waals surface area contributed by atoms with Crippen LogP contribution in [0.1, 0.15) is 16.8 Å². The van der Waals surface area contributed by atoms with Crippen molar-refractivity contribution in [3.8, 4) is 6.07 Å². The number of rotatable bonds is 2. The number of nitrogens with two attached hydrogens (primary N) is 1. The molecule has 0 aliphatic carbocycles. The fraction of sp³-hybridized carbons (Fsp3) is 0.250. The third-order valence-corrected chi connectivity index (χ3v) is 3.63. The lowest BCUT2D eigenvalue weighted by atomic mass is 9.98.